The standard InChI is InChI=1S/C12H16N2O/c1-13(2)11-8-14(3)12(15)10-7-5-4-6-9(10)11/h4-8,12,15H,1-3H3. The lowest BCUT2D eigenvalue weighted by Gasteiger charge is -2.33. The monoisotopic (exact) mass is 204 g/mol. The molecule has 0 saturated heterocycles. The molecule has 1 N–H and O–H groups in total. The van der Waals surface area contributed by atoms with E-state index in [1.807, 2.05) is 56.5 Å². The van der Waals surface area contributed by atoms with Gasteiger partial charge in [-0.15, -0.1) is 0 Å². The quantitative estimate of drug-likeness (QED) is 0.750. The van der Waals surface area contributed by atoms with Gasteiger partial charge in [0, 0.05) is 38.5 Å². The Kier molecular flexibility index (Phi) is 2.40. The third-order valence-corrected chi connectivity index (χ3v) is 2.71. The lowest BCUT2D eigenvalue weighted by molar-refractivity contribution is 0.0510. The molecule has 80 valence electrons. The van der Waals surface area contributed by atoms with Crippen LogP contribution in [0.25, 0.3) is 5.70 Å². The zero-order valence-electron chi connectivity index (χ0n) is 9.31. The fraction of sp³-hybridized carbons (Fsp3) is 0.333. The van der Waals surface area contributed by atoms with Crippen LogP contribution in [-0.2, 0) is 0 Å². The maximum atomic E-state index is 9.99. The zero-order chi connectivity index (χ0) is 11.0. The normalized spacial score (nSPS) is 19.6. The van der Waals surface area contributed by atoms with Gasteiger partial charge in [0.05, 0.1) is 5.70 Å². The Balaban J connectivity index is 2.56. The van der Waals surface area contributed by atoms with E-state index in [2.05, 4.69) is 4.90 Å². The average Bonchev–Trinajstić information content (AvgIpc) is 2.23. The van der Waals surface area contributed by atoms with E-state index in [-0.39, 0.29) is 0 Å². The van der Waals surface area contributed by atoms with Gasteiger partial charge in [-0.1, -0.05) is 24.3 Å². The summed E-state index contributed by atoms with van der Waals surface area (Å²) >= 11 is 0. The largest absolute Gasteiger partial charge is 0.376 e. The SMILES string of the molecule is CN(C)C1=CN(C)C(O)c2ccccc21. The van der Waals surface area contributed by atoms with Crippen LogP contribution < -0.4 is 0 Å². The number of aliphatic hydroxyl groups excluding tert-OH is 1. The molecule has 3 heteroatoms. The summed E-state index contributed by atoms with van der Waals surface area (Å²) in [6, 6.07) is 7.95. The van der Waals surface area contributed by atoms with Crippen LogP contribution in [0, 0.1) is 0 Å². The summed E-state index contributed by atoms with van der Waals surface area (Å²) in [5.41, 5.74) is 3.19. The van der Waals surface area contributed by atoms with E-state index < -0.39 is 6.23 Å². The Bertz CT molecular complexity index is 398. The van der Waals surface area contributed by atoms with Crippen molar-refractivity contribution in [3.8, 4) is 0 Å². The molecule has 0 spiro atoms. The second-order valence-corrected chi connectivity index (χ2v) is 4.04. The van der Waals surface area contributed by atoms with Crippen LogP contribution in [0.4, 0.5) is 0 Å². The molecule has 1 atom stereocenters. The molecule has 0 bridgehead atoms. The molecule has 0 amide bonds. The molecule has 1 aromatic rings. The first-order chi connectivity index (χ1) is 7.11. The molecule has 0 aromatic heterocycles. The van der Waals surface area contributed by atoms with Gasteiger partial charge < -0.3 is 14.9 Å². The van der Waals surface area contributed by atoms with E-state index in [1.54, 1.807) is 0 Å². The van der Waals surface area contributed by atoms with Crippen molar-refractivity contribution < 1.29 is 5.11 Å². The van der Waals surface area contributed by atoms with Gasteiger partial charge in [0.15, 0.2) is 6.23 Å². The number of hydrogen-bond acceptors (Lipinski definition) is 3. The van der Waals surface area contributed by atoms with Crippen LogP contribution in [0.5, 0.6) is 0 Å². The Morgan fingerprint density at radius 3 is 2.60 bits per heavy atom. The molecular weight excluding hydrogens is 188 g/mol. The second-order valence-electron chi connectivity index (χ2n) is 4.04. The van der Waals surface area contributed by atoms with E-state index in [1.165, 1.54) is 0 Å². The molecule has 0 fully saturated rings. The number of benzene rings is 1. The van der Waals surface area contributed by atoms with Crippen molar-refractivity contribution >= 4 is 5.70 Å². The average molecular weight is 204 g/mol. The van der Waals surface area contributed by atoms with Gasteiger partial charge in [0.1, 0.15) is 0 Å². The van der Waals surface area contributed by atoms with Crippen molar-refractivity contribution in [2.45, 2.75) is 6.23 Å². The number of nitrogens with zero attached hydrogens (tertiary/aromatic N) is 2. The first kappa shape index (κ1) is 10.1. The van der Waals surface area contributed by atoms with Crippen molar-refractivity contribution in [1.82, 2.24) is 9.80 Å². The predicted molar refractivity (Wildman–Crippen MR) is 60.8 cm³/mol. The van der Waals surface area contributed by atoms with Gasteiger partial charge in [-0.25, -0.2) is 0 Å². The highest BCUT2D eigenvalue weighted by atomic mass is 16.3. The smallest absolute Gasteiger partial charge is 0.153 e. The molecule has 2 rings (SSSR count). The van der Waals surface area contributed by atoms with Crippen LogP contribution in [0.15, 0.2) is 30.5 Å². The van der Waals surface area contributed by atoms with Gasteiger partial charge in [-0.3, -0.25) is 0 Å². The van der Waals surface area contributed by atoms with E-state index >= 15 is 0 Å². The molecule has 3 nitrogen and oxygen atoms in total. The number of hydrogen-bond donors (Lipinski definition) is 1. The maximum absolute atomic E-state index is 9.99. The van der Waals surface area contributed by atoms with Crippen LogP contribution in [0.2, 0.25) is 0 Å². The number of aliphatic hydroxyl groups is 1. The van der Waals surface area contributed by atoms with Crippen molar-refractivity contribution in [1.29, 1.82) is 0 Å². The van der Waals surface area contributed by atoms with Gasteiger partial charge in [-0.05, 0) is 0 Å². The first-order valence-corrected chi connectivity index (χ1v) is 4.99. The fourth-order valence-electron chi connectivity index (χ4n) is 1.86. The molecule has 15 heavy (non-hydrogen) atoms. The third-order valence-electron chi connectivity index (χ3n) is 2.71. The molecule has 1 aliphatic heterocycles. The molecule has 1 heterocycles. The summed E-state index contributed by atoms with van der Waals surface area (Å²) in [6.45, 7) is 0. The van der Waals surface area contributed by atoms with E-state index in [9.17, 15) is 5.11 Å². The van der Waals surface area contributed by atoms with Crippen LogP contribution in [-0.4, -0.2) is 36.0 Å². The number of rotatable bonds is 1. The summed E-state index contributed by atoms with van der Waals surface area (Å²) in [4.78, 5) is 3.87. The fourth-order valence-corrected chi connectivity index (χ4v) is 1.86. The van der Waals surface area contributed by atoms with E-state index in [0.29, 0.717) is 0 Å². The van der Waals surface area contributed by atoms with Gasteiger partial charge in [-0.2, -0.15) is 0 Å². The lowest BCUT2D eigenvalue weighted by Crippen LogP contribution is -2.27. The summed E-state index contributed by atoms with van der Waals surface area (Å²) < 4.78 is 0. The molecule has 0 aliphatic carbocycles. The molecule has 0 saturated carbocycles. The highest BCUT2D eigenvalue weighted by Crippen LogP contribution is 2.32. The zero-order valence-corrected chi connectivity index (χ0v) is 9.31. The summed E-state index contributed by atoms with van der Waals surface area (Å²) in [6.07, 6.45) is 1.43. The Morgan fingerprint density at radius 1 is 1.27 bits per heavy atom. The first-order valence-electron chi connectivity index (χ1n) is 4.99. The van der Waals surface area contributed by atoms with Crippen LogP contribution in [0.1, 0.15) is 17.4 Å². The molecule has 0 radical (unpaired) electrons. The molecular formula is C12H16N2O. The Morgan fingerprint density at radius 2 is 1.93 bits per heavy atom. The third kappa shape index (κ3) is 1.59. The minimum atomic E-state index is -0.537. The highest BCUT2D eigenvalue weighted by molar-refractivity contribution is 5.68. The molecule has 1 aliphatic rings. The maximum Gasteiger partial charge on any atom is 0.153 e. The minimum Gasteiger partial charge on any atom is -0.376 e. The van der Waals surface area contributed by atoms with Crippen LogP contribution in [0.3, 0.4) is 0 Å². The Labute approximate surface area is 90.2 Å². The van der Waals surface area contributed by atoms with Crippen molar-refractivity contribution in [3.05, 3.63) is 41.6 Å². The lowest BCUT2D eigenvalue weighted by atomic mass is 9.99. The molecule has 1 unspecified atom stereocenters. The predicted octanol–water partition coefficient (Wildman–Crippen LogP) is 1.48. The minimum absolute atomic E-state index is 0.537. The van der Waals surface area contributed by atoms with Crippen LogP contribution >= 0.6 is 0 Å². The van der Waals surface area contributed by atoms with Gasteiger partial charge >= 0.3 is 0 Å². The second kappa shape index (κ2) is 3.59. The summed E-state index contributed by atoms with van der Waals surface area (Å²) in [7, 11) is 5.90. The Hall–Kier alpha value is -1.48. The highest BCUT2D eigenvalue weighted by Gasteiger charge is 2.23. The van der Waals surface area contributed by atoms with Gasteiger partial charge in [0.25, 0.3) is 0 Å². The van der Waals surface area contributed by atoms with Crippen molar-refractivity contribution in [2.24, 2.45) is 0 Å². The van der Waals surface area contributed by atoms with Crippen molar-refractivity contribution in [3.63, 3.8) is 0 Å². The molecule has 1 aromatic carbocycles. The summed E-state index contributed by atoms with van der Waals surface area (Å²) in [5, 5.41) is 9.99. The van der Waals surface area contributed by atoms with Crippen molar-refractivity contribution in [2.75, 3.05) is 21.1 Å². The summed E-state index contributed by atoms with van der Waals surface area (Å²) in [5.74, 6) is 0. The topological polar surface area (TPSA) is 26.7 Å². The van der Waals surface area contributed by atoms with Gasteiger partial charge in [0.2, 0.25) is 0 Å². The number of fused-ring (bicyclic) bond motifs is 1. The van der Waals surface area contributed by atoms with E-state index in [4.69, 9.17) is 0 Å². The van der Waals surface area contributed by atoms with E-state index in [0.717, 1.165) is 16.8 Å².